The summed E-state index contributed by atoms with van der Waals surface area (Å²) in [6.07, 6.45) is 4.56. The summed E-state index contributed by atoms with van der Waals surface area (Å²) in [6, 6.07) is -0.784. The number of carbonyl (C=O) groups is 2. The molecule has 0 aromatic rings. The van der Waals surface area contributed by atoms with Crippen LogP contribution < -0.4 is 5.32 Å². The van der Waals surface area contributed by atoms with E-state index in [0.29, 0.717) is 6.42 Å². The second-order valence-electron chi connectivity index (χ2n) is 3.44. The lowest BCUT2D eigenvalue weighted by atomic mass is 10.1. The fourth-order valence-electron chi connectivity index (χ4n) is 1.09. The van der Waals surface area contributed by atoms with Gasteiger partial charge in [-0.15, -0.1) is 0 Å². The number of hydrogen-bond acceptors (Lipinski definition) is 2. The Morgan fingerprint density at radius 2 is 1.93 bits per heavy atom. The van der Waals surface area contributed by atoms with E-state index in [1.54, 1.807) is 0 Å². The lowest BCUT2D eigenvalue weighted by Gasteiger charge is -2.08. The number of aliphatic carboxylic acids is 1. The van der Waals surface area contributed by atoms with Gasteiger partial charge in [0, 0.05) is 6.42 Å². The monoisotopic (exact) mass is 201 g/mol. The quantitative estimate of drug-likeness (QED) is 0.614. The van der Waals surface area contributed by atoms with E-state index in [9.17, 15) is 9.59 Å². The van der Waals surface area contributed by atoms with Crippen molar-refractivity contribution in [3.8, 4) is 0 Å². The van der Waals surface area contributed by atoms with Crippen molar-refractivity contribution in [3.63, 3.8) is 0 Å². The van der Waals surface area contributed by atoms with E-state index in [2.05, 4.69) is 12.2 Å². The van der Waals surface area contributed by atoms with Gasteiger partial charge in [-0.1, -0.05) is 26.2 Å². The van der Waals surface area contributed by atoms with E-state index in [0.717, 1.165) is 25.7 Å². The van der Waals surface area contributed by atoms with Crippen molar-refractivity contribution in [3.05, 3.63) is 0 Å². The molecule has 4 nitrogen and oxygen atoms in total. The van der Waals surface area contributed by atoms with Crippen molar-refractivity contribution in [2.24, 2.45) is 0 Å². The number of hydrogen-bond donors (Lipinski definition) is 2. The molecule has 0 fully saturated rings. The van der Waals surface area contributed by atoms with Crippen molar-refractivity contribution in [1.82, 2.24) is 5.32 Å². The number of carbonyl (C=O) groups excluding carboxylic acids is 1. The third-order valence-electron chi connectivity index (χ3n) is 2.01. The maximum atomic E-state index is 11.1. The van der Waals surface area contributed by atoms with Gasteiger partial charge in [0.05, 0.1) is 0 Å². The smallest absolute Gasteiger partial charge is 0.325 e. The molecule has 0 aromatic carbocycles. The van der Waals surface area contributed by atoms with Crippen LogP contribution in [-0.4, -0.2) is 23.0 Å². The van der Waals surface area contributed by atoms with Gasteiger partial charge in [-0.25, -0.2) is 0 Å². The zero-order chi connectivity index (χ0) is 11.0. The van der Waals surface area contributed by atoms with Crippen molar-refractivity contribution >= 4 is 11.9 Å². The first-order chi connectivity index (χ1) is 6.57. The van der Waals surface area contributed by atoms with Gasteiger partial charge >= 0.3 is 5.97 Å². The lowest BCUT2D eigenvalue weighted by molar-refractivity contribution is -0.141. The van der Waals surface area contributed by atoms with Crippen LogP contribution in [0.5, 0.6) is 0 Å². The van der Waals surface area contributed by atoms with Crippen LogP contribution in [0.3, 0.4) is 0 Å². The summed E-state index contributed by atoms with van der Waals surface area (Å²) in [5.74, 6) is -1.16. The van der Waals surface area contributed by atoms with Gasteiger partial charge in [-0.2, -0.15) is 0 Å². The van der Waals surface area contributed by atoms with Crippen molar-refractivity contribution in [1.29, 1.82) is 0 Å². The molecule has 0 bridgehead atoms. The zero-order valence-corrected chi connectivity index (χ0v) is 8.88. The molecule has 0 unspecified atom stereocenters. The topological polar surface area (TPSA) is 66.4 Å². The largest absolute Gasteiger partial charge is 0.480 e. The van der Waals surface area contributed by atoms with E-state index in [-0.39, 0.29) is 5.91 Å². The minimum absolute atomic E-state index is 0.170. The van der Waals surface area contributed by atoms with Gasteiger partial charge in [0.15, 0.2) is 0 Å². The molecule has 1 amide bonds. The van der Waals surface area contributed by atoms with Gasteiger partial charge in [-0.05, 0) is 13.3 Å². The summed E-state index contributed by atoms with van der Waals surface area (Å²) in [4.78, 5) is 21.5. The van der Waals surface area contributed by atoms with E-state index in [1.807, 2.05) is 0 Å². The van der Waals surface area contributed by atoms with Crippen LogP contribution >= 0.6 is 0 Å². The first-order valence-electron chi connectivity index (χ1n) is 5.10. The first kappa shape index (κ1) is 12.9. The Labute approximate surface area is 84.7 Å². The third-order valence-corrected chi connectivity index (χ3v) is 2.01. The Hall–Kier alpha value is -1.06. The summed E-state index contributed by atoms with van der Waals surface area (Å²) in [5, 5.41) is 10.9. The van der Waals surface area contributed by atoms with Gasteiger partial charge in [0.25, 0.3) is 0 Å². The Balaban J connectivity index is 3.50. The molecule has 0 saturated heterocycles. The van der Waals surface area contributed by atoms with Crippen LogP contribution in [0.15, 0.2) is 0 Å². The molecule has 0 aliphatic carbocycles. The van der Waals surface area contributed by atoms with Gasteiger partial charge < -0.3 is 10.4 Å². The van der Waals surface area contributed by atoms with E-state index < -0.39 is 12.0 Å². The molecule has 14 heavy (non-hydrogen) atoms. The third kappa shape index (κ3) is 6.46. The molecule has 0 heterocycles. The van der Waals surface area contributed by atoms with Gasteiger partial charge in [0.1, 0.15) is 6.04 Å². The van der Waals surface area contributed by atoms with Crippen molar-refractivity contribution in [2.75, 3.05) is 0 Å². The minimum Gasteiger partial charge on any atom is -0.480 e. The van der Waals surface area contributed by atoms with E-state index in [1.165, 1.54) is 6.92 Å². The minimum atomic E-state index is -0.994. The van der Waals surface area contributed by atoms with Crippen LogP contribution in [0, 0.1) is 0 Å². The number of rotatable bonds is 7. The van der Waals surface area contributed by atoms with Crippen LogP contribution in [0.2, 0.25) is 0 Å². The molecule has 1 atom stereocenters. The fourth-order valence-corrected chi connectivity index (χ4v) is 1.09. The molecule has 0 aliphatic rings. The Bertz CT molecular complexity index is 192. The highest BCUT2D eigenvalue weighted by Gasteiger charge is 2.12. The molecule has 0 spiro atoms. The summed E-state index contributed by atoms with van der Waals surface area (Å²) in [6.45, 7) is 3.57. The highest BCUT2D eigenvalue weighted by molar-refractivity contribution is 5.83. The molecule has 4 heteroatoms. The first-order valence-corrected chi connectivity index (χ1v) is 5.10. The van der Waals surface area contributed by atoms with Crippen LogP contribution in [0.4, 0.5) is 0 Å². The summed E-state index contributed by atoms with van der Waals surface area (Å²) >= 11 is 0. The molecule has 82 valence electrons. The average molecular weight is 201 g/mol. The lowest BCUT2D eigenvalue weighted by Crippen LogP contribution is -2.38. The molecule has 0 aliphatic heterocycles. The summed E-state index contributed by atoms with van der Waals surface area (Å²) in [7, 11) is 0. The fraction of sp³-hybridized carbons (Fsp3) is 0.800. The number of carboxylic acids is 1. The van der Waals surface area contributed by atoms with Crippen molar-refractivity contribution < 1.29 is 14.7 Å². The molecule has 0 rings (SSSR count). The van der Waals surface area contributed by atoms with Crippen LogP contribution in [0.1, 0.15) is 46.0 Å². The number of amides is 1. The zero-order valence-electron chi connectivity index (χ0n) is 8.88. The van der Waals surface area contributed by atoms with Crippen LogP contribution in [-0.2, 0) is 9.59 Å². The second kappa shape index (κ2) is 7.35. The molecule has 0 saturated carbocycles. The SMILES string of the molecule is CCCCCCC(=O)N[C@H](C)C(=O)O. The summed E-state index contributed by atoms with van der Waals surface area (Å²) in [5.41, 5.74) is 0. The highest BCUT2D eigenvalue weighted by Crippen LogP contribution is 2.02. The standard InChI is InChI=1S/C10H19NO3/c1-3-4-5-6-7-9(12)11-8(2)10(13)14/h8H,3-7H2,1-2H3,(H,11,12)(H,13,14)/t8-/m1/s1. The number of nitrogens with one attached hydrogen (secondary N) is 1. The highest BCUT2D eigenvalue weighted by atomic mass is 16.4. The Kier molecular flexibility index (Phi) is 6.80. The molecule has 2 N–H and O–H groups in total. The summed E-state index contributed by atoms with van der Waals surface area (Å²) < 4.78 is 0. The molecule has 0 radical (unpaired) electrons. The van der Waals surface area contributed by atoms with E-state index in [4.69, 9.17) is 5.11 Å². The molecular weight excluding hydrogens is 182 g/mol. The van der Waals surface area contributed by atoms with E-state index >= 15 is 0 Å². The number of carboxylic acid groups (broad SMARTS) is 1. The second-order valence-corrected chi connectivity index (χ2v) is 3.44. The molecular formula is C10H19NO3. The maximum Gasteiger partial charge on any atom is 0.325 e. The number of unbranched alkanes of at least 4 members (excludes halogenated alkanes) is 3. The maximum absolute atomic E-state index is 11.1. The Morgan fingerprint density at radius 3 is 2.43 bits per heavy atom. The predicted octanol–water partition coefficient (Wildman–Crippen LogP) is 1.55. The predicted molar refractivity (Wildman–Crippen MR) is 54.0 cm³/mol. The molecule has 0 aromatic heterocycles. The van der Waals surface area contributed by atoms with Crippen LogP contribution in [0.25, 0.3) is 0 Å². The average Bonchev–Trinajstić information content (AvgIpc) is 2.12. The van der Waals surface area contributed by atoms with Gasteiger partial charge in [0.2, 0.25) is 5.91 Å². The van der Waals surface area contributed by atoms with Gasteiger partial charge in [-0.3, -0.25) is 9.59 Å². The van der Waals surface area contributed by atoms with Crippen molar-refractivity contribution in [2.45, 2.75) is 52.0 Å². The Morgan fingerprint density at radius 1 is 1.29 bits per heavy atom. The normalized spacial score (nSPS) is 12.1.